The lowest BCUT2D eigenvalue weighted by atomic mass is 10.1. The fraction of sp³-hybridized carbons (Fsp3) is 0.235. The average molecular weight is 365 g/mol. The molecule has 116 valence electrons. The van der Waals surface area contributed by atoms with Crippen molar-refractivity contribution >= 4 is 21.7 Å². The molecule has 0 aliphatic carbocycles. The molecule has 0 heterocycles. The van der Waals surface area contributed by atoms with Gasteiger partial charge in [-0.3, -0.25) is 4.79 Å². The van der Waals surface area contributed by atoms with E-state index in [9.17, 15) is 4.79 Å². The quantitative estimate of drug-likeness (QED) is 0.718. The Bertz CT molecular complexity index is 665. The molecule has 2 aromatic carbocycles. The van der Waals surface area contributed by atoms with Crippen molar-refractivity contribution in [2.24, 2.45) is 0 Å². The molecule has 0 bridgehead atoms. The van der Waals surface area contributed by atoms with E-state index in [1.807, 2.05) is 12.1 Å². The molecule has 0 unspecified atom stereocenters. The number of methoxy groups -OCH3 is 2. The molecule has 0 atom stereocenters. The van der Waals surface area contributed by atoms with Gasteiger partial charge in [-0.1, -0.05) is 15.9 Å². The summed E-state index contributed by atoms with van der Waals surface area (Å²) >= 11 is 3.50. The molecule has 0 aliphatic heterocycles. The van der Waals surface area contributed by atoms with Crippen LogP contribution >= 0.6 is 15.9 Å². The van der Waals surface area contributed by atoms with E-state index in [-0.39, 0.29) is 5.78 Å². The molecule has 0 spiro atoms. The Morgan fingerprint density at radius 1 is 1.05 bits per heavy atom. The molecule has 22 heavy (non-hydrogen) atoms. The zero-order chi connectivity index (χ0) is 16.1. The van der Waals surface area contributed by atoms with Crippen molar-refractivity contribution in [3.63, 3.8) is 0 Å². The molecular weight excluding hydrogens is 348 g/mol. The lowest BCUT2D eigenvalue weighted by Crippen LogP contribution is -1.99. The summed E-state index contributed by atoms with van der Waals surface area (Å²) < 4.78 is 17.2. The Hall–Kier alpha value is -2.01. The first-order valence-electron chi connectivity index (χ1n) is 6.69. The number of halogens is 1. The van der Waals surface area contributed by atoms with E-state index in [0.29, 0.717) is 29.4 Å². The van der Waals surface area contributed by atoms with Crippen LogP contribution in [0.4, 0.5) is 0 Å². The number of carbonyl (C=O) groups excluding carboxylic acids is 1. The molecule has 0 radical (unpaired) electrons. The highest BCUT2D eigenvalue weighted by Crippen LogP contribution is 2.33. The maximum atomic E-state index is 11.2. The standard InChI is InChI=1S/C17H17BrO4/c1-11(19)12-4-6-14(7-5-12)22-10-13-8-16(20-2)17(21-3)9-15(13)18/h4-9H,10H2,1-3H3. The molecule has 0 N–H and O–H groups in total. The maximum Gasteiger partial charge on any atom is 0.161 e. The van der Waals surface area contributed by atoms with Crippen LogP contribution < -0.4 is 14.2 Å². The van der Waals surface area contributed by atoms with Crippen LogP contribution in [-0.4, -0.2) is 20.0 Å². The molecule has 5 heteroatoms. The normalized spacial score (nSPS) is 10.2. The summed E-state index contributed by atoms with van der Waals surface area (Å²) in [6, 6.07) is 10.8. The molecule has 4 nitrogen and oxygen atoms in total. The first kappa shape index (κ1) is 16.4. The van der Waals surface area contributed by atoms with Crippen molar-refractivity contribution in [2.75, 3.05) is 14.2 Å². The Morgan fingerprint density at radius 2 is 1.64 bits per heavy atom. The highest BCUT2D eigenvalue weighted by atomic mass is 79.9. The Balaban J connectivity index is 2.12. The van der Waals surface area contributed by atoms with Gasteiger partial charge in [0.05, 0.1) is 14.2 Å². The number of rotatable bonds is 6. The third-order valence-corrected chi connectivity index (χ3v) is 3.95. The highest BCUT2D eigenvalue weighted by Gasteiger charge is 2.10. The van der Waals surface area contributed by atoms with Crippen LogP contribution in [0.25, 0.3) is 0 Å². The molecule has 2 rings (SSSR count). The van der Waals surface area contributed by atoms with E-state index in [1.165, 1.54) is 6.92 Å². The third kappa shape index (κ3) is 3.80. The largest absolute Gasteiger partial charge is 0.493 e. The fourth-order valence-corrected chi connectivity index (χ4v) is 2.39. The minimum Gasteiger partial charge on any atom is -0.493 e. The van der Waals surface area contributed by atoms with E-state index < -0.39 is 0 Å². The van der Waals surface area contributed by atoms with Crippen LogP contribution in [0.5, 0.6) is 17.2 Å². The number of ketones is 1. The molecule has 0 saturated carbocycles. The van der Waals surface area contributed by atoms with E-state index in [4.69, 9.17) is 14.2 Å². The highest BCUT2D eigenvalue weighted by molar-refractivity contribution is 9.10. The minimum absolute atomic E-state index is 0.0363. The summed E-state index contributed by atoms with van der Waals surface area (Å²) in [5, 5.41) is 0. The second kappa shape index (κ2) is 7.31. The van der Waals surface area contributed by atoms with E-state index >= 15 is 0 Å². The topological polar surface area (TPSA) is 44.8 Å². The molecule has 0 aliphatic rings. The lowest BCUT2D eigenvalue weighted by molar-refractivity contribution is 0.101. The van der Waals surface area contributed by atoms with Gasteiger partial charge in [0, 0.05) is 15.6 Å². The van der Waals surface area contributed by atoms with Gasteiger partial charge in [0.25, 0.3) is 0 Å². The van der Waals surface area contributed by atoms with Crippen LogP contribution in [0.15, 0.2) is 40.9 Å². The summed E-state index contributed by atoms with van der Waals surface area (Å²) in [6.45, 7) is 1.91. The Labute approximate surface area is 138 Å². The zero-order valence-electron chi connectivity index (χ0n) is 12.7. The van der Waals surface area contributed by atoms with Gasteiger partial charge in [-0.15, -0.1) is 0 Å². The lowest BCUT2D eigenvalue weighted by Gasteiger charge is -2.13. The minimum atomic E-state index is 0.0363. The average Bonchev–Trinajstić information content (AvgIpc) is 2.53. The monoisotopic (exact) mass is 364 g/mol. The van der Waals surface area contributed by atoms with Crippen molar-refractivity contribution in [3.8, 4) is 17.2 Å². The van der Waals surface area contributed by atoms with Gasteiger partial charge < -0.3 is 14.2 Å². The van der Waals surface area contributed by atoms with E-state index in [2.05, 4.69) is 15.9 Å². The van der Waals surface area contributed by atoms with E-state index in [0.717, 1.165) is 10.0 Å². The number of Topliss-reactive ketones (excluding diaryl/α,β-unsaturated/α-hetero) is 1. The molecule has 0 aromatic heterocycles. The number of benzene rings is 2. The smallest absolute Gasteiger partial charge is 0.161 e. The fourth-order valence-electron chi connectivity index (χ4n) is 1.95. The summed E-state index contributed by atoms with van der Waals surface area (Å²) in [6.07, 6.45) is 0. The van der Waals surface area contributed by atoms with E-state index in [1.54, 1.807) is 38.5 Å². The van der Waals surface area contributed by atoms with Crippen LogP contribution in [0.3, 0.4) is 0 Å². The summed E-state index contributed by atoms with van der Waals surface area (Å²) in [4.78, 5) is 11.2. The van der Waals surface area contributed by atoms with Gasteiger partial charge in [0.2, 0.25) is 0 Å². The number of hydrogen-bond donors (Lipinski definition) is 0. The predicted octanol–water partition coefficient (Wildman–Crippen LogP) is 4.25. The van der Waals surface area contributed by atoms with Crippen molar-refractivity contribution in [3.05, 3.63) is 52.0 Å². The van der Waals surface area contributed by atoms with Gasteiger partial charge in [0.15, 0.2) is 17.3 Å². The van der Waals surface area contributed by atoms with Gasteiger partial charge in [-0.05, 0) is 43.3 Å². The van der Waals surface area contributed by atoms with Crippen LogP contribution in [-0.2, 0) is 6.61 Å². The van der Waals surface area contributed by atoms with Gasteiger partial charge >= 0.3 is 0 Å². The number of carbonyl (C=O) groups is 1. The van der Waals surface area contributed by atoms with Gasteiger partial charge in [0.1, 0.15) is 12.4 Å². The van der Waals surface area contributed by atoms with Crippen LogP contribution in [0.2, 0.25) is 0 Å². The summed E-state index contributed by atoms with van der Waals surface area (Å²) in [5.74, 6) is 2.04. The maximum absolute atomic E-state index is 11.2. The second-order valence-corrected chi connectivity index (χ2v) is 5.52. The molecule has 0 saturated heterocycles. The first-order valence-corrected chi connectivity index (χ1v) is 7.48. The van der Waals surface area contributed by atoms with Crippen molar-refractivity contribution in [2.45, 2.75) is 13.5 Å². The van der Waals surface area contributed by atoms with Crippen LogP contribution in [0, 0.1) is 0 Å². The molecule has 2 aromatic rings. The molecule has 0 amide bonds. The number of ether oxygens (including phenoxy) is 3. The first-order chi connectivity index (χ1) is 10.5. The van der Waals surface area contributed by atoms with Crippen molar-refractivity contribution in [1.82, 2.24) is 0 Å². The zero-order valence-corrected chi connectivity index (χ0v) is 14.3. The predicted molar refractivity (Wildman–Crippen MR) is 88.0 cm³/mol. The summed E-state index contributed by atoms with van der Waals surface area (Å²) in [5.41, 5.74) is 1.60. The van der Waals surface area contributed by atoms with Crippen molar-refractivity contribution < 1.29 is 19.0 Å². The van der Waals surface area contributed by atoms with Crippen LogP contribution in [0.1, 0.15) is 22.8 Å². The Morgan fingerprint density at radius 3 is 2.18 bits per heavy atom. The third-order valence-electron chi connectivity index (χ3n) is 3.21. The SMILES string of the molecule is COc1cc(Br)c(COc2ccc(C(C)=O)cc2)cc1OC. The van der Waals surface area contributed by atoms with Crippen molar-refractivity contribution in [1.29, 1.82) is 0 Å². The second-order valence-electron chi connectivity index (χ2n) is 4.67. The van der Waals surface area contributed by atoms with Gasteiger partial charge in [-0.2, -0.15) is 0 Å². The van der Waals surface area contributed by atoms with Gasteiger partial charge in [-0.25, -0.2) is 0 Å². The molecular formula is C17H17BrO4. The number of hydrogen-bond acceptors (Lipinski definition) is 4. The Kier molecular flexibility index (Phi) is 5.44. The molecule has 0 fully saturated rings. The summed E-state index contributed by atoms with van der Waals surface area (Å²) in [7, 11) is 3.19.